The van der Waals surface area contributed by atoms with Crippen molar-refractivity contribution in [2.24, 2.45) is 11.7 Å². The highest BCUT2D eigenvalue weighted by molar-refractivity contribution is 5.39. The van der Waals surface area contributed by atoms with Crippen LogP contribution in [0.15, 0.2) is 10.9 Å². The van der Waals surface area contributed by atoms with Gasteiger partial charge in [-0.1, -0.05) is 13.8 Å². The second kappa shape index (κ2) is 4.53. The van der Waals surface area contributed by atoms with Gasteiger partial charge >= 0.3 is 5.69 Å². The number of rotatable bonds is 3. The van der Waals surface area contributed by atoms with E-state index in [0.717, 1.165) is 5.69 Å². The van der Waals surface area contributed by atoms with Crippen LogP contribution in [-0.4, -0.2) is 25.6 Å². The molecule has 2 aromatic heterocycles. The molecular formula is C12H19N5O. The maximum absolute atomic E-state index is 11.5. The number of aromatic amines is 1. The normalized spacial score (nSPS) is 15.2. The van der Waals surface area contributed by atoms with Crippen LogP contribution in [0, 0.1) is 12.8 Å². The molecule has 98 valence electrons. The van der Waals surface area contributed by atoms with Gasteiger partial charge in [-0.05, 0) is 19.8 Å². The number of hydrogen-bond donors (Lipinski definition) is 2. The Labute approximate surface area is 105 Å². The topological polar surface area (TPSA) is 89.1 Å². The summed E-state index contributed by atoms with van der Waals surface area (Å²) >= 11 is 0. The molecule has 6 nitrogen and oxygen atoms in total. The van der Waals surface area contributed by atoms with Gasteiger partial charge in [-0.15, -0.1) is 0 Å². The zero-order valence-corrected chi connectivity index (χ0v) is 11.1. The van der Waals surface area contributed by atoms with Crippen molar-refractivity contribution in [1.29, 1.82) is 0 Å². The fourth-order valence-corrected chi connectivity index (χ4v) is 2.51. The van der Waals surface area contributed by atoms with Crippen LogP contribution in [-0.2, 0) is 0 Å². The van der Waals surface area contributed by atoms with Crippen LogP contribution >= 0.6 is 0 Å². The standard InChI is InChI=1S/C12H19N5O/c1-6(2)11(7(3)13)9-5-10-15-16-12(18)17(10)8(4)14-9/h5-7,11H,13H2,1-4H3,(H,16,18). The van der Waals surface area contributed by atoms with Gasteiger partial charge in [0.05, 0.1) is 5.69 Å². The van der Waals surface area contributed by atoms with Crippen molar-refractivity contribution >= 4 is 5.65 Å². The van der Waals surface area contributed by atoms with E-state index in [1.807, 2.05) is 13.0 Å². The van der Waals surface area contributed by atoms with Crippen molar-refractivity contribution < 1.29 is 0 Å². The molecule has 2 unspecified atom stereocenters. The van der Waals surface area contributed by atoms with Gasteiger partial charge in [0, 0.05) is 18.0 Å². The molecule has 2 heterocycles. The molecule has 2 atom stereocenters. The number of fused-ring (bicyclic) bond motifs is 1. The van der Waals surface area contributed by atoms with Crippen molar-refractivity contribution in [3.8, 4) is 0 Å². The quantitative estimate of drug-likeness (QED) is 0.842. The van der Waals surface area contributed by atoms with E-state index in [0.29, 0.717) is 17.4 Å². The largest absolute Gasteiger partial charge is 0.349 e. The lowest BCUT2D eigenvalue weighted by Crippen LogP contribution is -2.29. The van der Waals surface area contributed by atoms with Crippen LogP contribution in [0.5, 0.6) is 0 Å². The summed E-state index contributed by atoms with van der Waals surface area (Å²) in [5.41, 5.74) is 7.26. The first-order chi connectivity index (χ1) is 8.41. The lowest BCUT2D eigenvalue weighted by atomic mass is 9.86. The monoisotopic (exact) mass is 249 g/mol. The average molecular weight is 249 g/mol. The summed E-state index contributed by atoms with van der Waals surface area (Å²) in [5, 5.41) is 6.41. The van der Waals surface area contributed by atoms with E-state index >= 15 is 0 Å². The van der Waals surface area contributed by atoms with Crippen molar-refractivity contribution in [2.45, 2.75) is 39.7 Å². The molecule has 0 aromatic carbocycles. The number of aryl methyl sites for hydroxylation is 1. The molecule has 0 saturated carbocycles. The summed E-state index contributed by atoms with van der Waals surface area (Å²) < 4.78 is 1.46. The molecule has 6 heteroatoms. The highest BCUT2D eigenvalue weighted by Gasteiger charge is 2.23. The predicted molar refractivity (Wildman–Crippen MR) is 69.6 cm³/mol. The molecular weight excluding hydrogens is 230 g/mol. The number of hydrogen-bond acceptors (Lipinski definition) is 4. The van der Waals surface area contributed by atoms with Gasteiger partial charge < -0.3 is 5.73 Å². The molecule has 2 rings (SSSR count). The molecule has 18 heavy (non-hydrogen) atoms. The highest BCUT2D eigenvalue weighted by atomic mass is 16.1. The average Bonchev–Trinajstić information content (AvgIpc) is 2.59. The van der Waals surface area contributed by atoms with Crippen LogP contribution in [0.1, 0.15) is 38.2 Å². The van der Waals surface area contributed by atoms with Crippen LogP contribution in [0.2, 0.25) is 0 Å². The molecule has 3 N–H and O–H groups in total. The van der Waals surface area contributed by atoms with Gasteiger partial charge in [-0.3, -0.25) is 0 Å². The van der Waals surface area contributed by atoms with E-state index in [9.17, 15) is 4.79 Å². The minimum absolute atomic E-state index is 0.00464. The van der Waals surface area contributed by atoms with E-state index in [4.69, 9.17) is 5.73 Å². The summed E-state index contributed by atoms with van der Waals surface area (Å²) in [7, 11) is 0. The highest BCUT2D eigenvalue weighted by Crippen LogP contribution is 2.26. The third-order valence-electron chi connectivity index (χ3n) is 3.22. The Morgan fingerprint density at radius 2 is 2.06 bits per heavy atom. The van der Waals surface area contributed by atoms with Gasteiger partial charge in [-0.2, -0.15) is 5.10 Å². The summed E-state index contributed by atoms with van der Waals surface area (Å²) in [6.45, 7) is 8.01. The van der Waals surface area contributed by atoms with E-state index in [1.54, 1.807) is 6.92 Å². The summed E-state index contributed by atoms with van der Waals surface area (Å²) in [5.74, 6) is 1.16. The number of nitrogens with zero attached hydrogens (tertiary/aromatic N) is 3. The van der Waals surface area contributed by atoms with Gasteiger partial charge in [0.25, 0.3) is 0 Å². The van der Waals surface area contributed by atoms with Crippen molar-refractivity contribution in [2.75, 3.05) is 0 Å². The maximum atomic E-state index is 11.5. The van der Waals surface area contributed by atoms with E-state index in [-0.39, 0.29) is 17.6 Å². The van der Waals surface area contributed by atoms with E-state index < -0.39 is 0 Å². The van der Waals surface area contributed by atoms with Gasteiger partial charge in [0.15, 0.2) is 5.65 Å². The van der Waals surface area contributed by atoms with E-state index in [1.165, 1.54) is 4.40 Å². The minimum Gasteiger partial charge on any atom is -0.327 e. The first-order valence-electron chi connectivity index (χ1n) is 6.12. The Hall–Kier alpha value is -1.69. The first kappa shape index (κ1) is 12.8. The Bertz CT molecular complexity index is 602. The number of H-pyrrole nitrogens is 1. The fraction of sp³-hybridized carbons (Fsp3) is 0.583. The summed E-state index contributed by atoms with van der Waals surface area (Å²) in [4.78, 5) is 16.0. The van der Waals surface area contributed by atoms with Crippen LogP contribution in [0.4, 0.5) is 0 Å². The van der Waals surface area contributed by atoms with E-state index in [2.05, 4.69) is 29.0 Å². The molecule has 0 amide bonds. The third-order valence-corrected chi connectivity index (χ3v) is 3.22. The molecule has 0 fully saturated rings. The predicted octanol–water partition coefficient (Wildman–Crippen LogP) is 0.813. The summed E-state index contributed by atoms with van der Waals surface area (Å²) in [6, 6.07) is 1.84. The van der Waals surface area contributed by atoms with Gasteiger partial charge in [0.2, 0.25) is 0 Å². The maximum Gasteiger partial charge on any atom is 0.349 e. The molecule has 0 saturated heterocycles. The number of nitrogens with one attached hydrogen (secondary N) is 1. The zero-order chi connectivity index (χ0) is 13.4. The summed E-state index contributed by atoms with van der Waals surface area (Å²) in [6.07, 6.45) is 0. The molecule has 0 spiro atoms. The number of nitrogens with two attached hydrogens (primary N) is 1. The Balaban J connectivity index is 2.62. The van der Waals surface area contributed by atoms with Crippen molar-refractivity contribution in [3.63, 3.8) is 0 Å². The second-order valence-corrected chi connectivity index (χ2v) is 5.08. The minimum atomic E-state index is -0.261. The molecule has 0 aliphatic carbocycles. The van der Waals surface area contributed by atoms with Gasteiger partial charge in [-0.25, -0.2) is 19.3 Å². The smallest absolute Gasteiger partial charge is 0.327 e. The lowest BCUT2D eigenvalue weighted by molar-refractivity contribution is 0.425. The SMILES string of the molecule is Cc1nc(C(C(C)C)C(C)N)cc2n[nH]c(=O)n12. The molecule has 0 bridgehead atoms. The third kappa shape index (κ3) is 2.03. The first-order valence-corrected chi connectivity index (χ1v) is 6.12. The molecule has 2 aromatic rings. The fourth-order valence-electron chi connectivity index (χ4n) is 2.51. The van der Waals surface area contributed by atoms with Crippen molar-refractivity contribution in [3.05, 3.63) is 28.1 Å². The van der Waals surface area contributed by atoms with Crippen LogP contribution < -0.4 is 11.4 Å². The van der Waals surface area contributed by atoms with Crippen molar-refractivity contribution in [1.82, 2.24) is 19.6 Å². The lowest BCUT2D eigenvalue weighted by Gasteiger charge is -2.24. The zero-order valence-electron chi connectivity index (χ0n) is 11.1. The Morgan fingerprint density at radius 3 is 2.61 bits per heavy atom. The molecule has 0 radical (unpaired) electrons. The number of aromatic nitrogens is 4. The molecule has 0 aliphatic heterocycles. The van der Waals surface area contributed by atoms with Gasteiger partial charge in [0.1, 0.15) is 5.82 Å². The molecule has 0 aliphatic rings. The van der Waals surface area contributed by atoms with Crippen LogP contribution in [0.25, 0.3) is 5.65 Å². The van der Waals surface area contributed by atoms with Crippen LogP contribution in [0.3, 0.4) is 0 Å². The second-order valence-electron chi connectivity index (χ2n) is 5.08. The Morgan fingerprint density at radius 1 is 1.39 bits per heavy atom. The Kier molecular flexibility index (Phi) is 3.21.